The van der Waals surface area contributed by atoms with Gasteiger partial charge in [-0.2, -0.15) is 0 Å². The predicted octanol–water partition coefficient (Wildman–Crippen LogP) is -12.9. The number of esters is 2. The predicted molar refractivity (Wildman–Crippen MR) is 146 cm³/mol. The van der Waals surface area contributed by atoms with Crippen LogP contribution >= 0.6 is 0 Å². The van der Waals surface area contributed by atoms with Crippen molar-refractivity contribution in [2.45, 2.75) is 0 Å². The normalized spacial score (nSPS) is 10.8. The average Bonchev–Trinajstić information content (AvgIpc) is 2.88. The molecule has 48 heavy (non-hydrogen) atoms. The molecule has 0 saturated carbocycles. The quantitative estimate of drug-likeness (QED) is 0.0432. The molecule has 0 saturated heterocycles. The Balaban J connectivity index is -0.0000101. The van der Waals surface area contributed by atoms with Gasteiger partial charge in [0, 0.05) is 52.4 Å². The van der Waals surface area contributed by atoms with Gasteiger partial charge in [-0.15, -0.1) is 0 Å². The van der Waals surface area contributed by atoms with Crippen LogP contribution in [-0.2, 0) is 47.8 Å². The fourth-order valence-electron chi connectivity index (χ4n) is 3.75. The molecule has 0 aromatic heterocycles. The van der Waals surface area contributed by atoms with Crippen LogP contribution < -0.4 is 69.3 Å². The van der Waals surface area contributed by atoms with Gasteiger partial charge in [0.05, 0.1) is 51.2 Å². The van der Waals surface area contributed by atoms with E-state index in [1.807, 2.05) is 0 Å². The van der Waals surface area contributed by atoms with Crippen molar-refractivity contribution in [2.75, 3.05) is 112 Å². The van der Waals surface area contributed by atoms with E-state index in [4.69, 9.17) is 29.9 Å². The minimum Gasteiger partial charge on any atom is -0.549 e. The Bertz CT molecular complexity index is 957. The molecule has 0 fully saturated rings. The molecular formula is C25H39N5Na2O16. The molecule has 23 heteroatoms. The first-order valence-electron chi connectivity index (χ1n) is 13.6. The number of aliphatic carboxylic acids is 6. The van der Waals surface area contributed by atoms with Gasteiger partial charge in [-0.1, -0.05) is 0 Å². The fourth-order valence-corrected chi connectivity index (χ4v) is 3.75. The molecule has 0 unspecified atom stereocenters. The van der Waals surface area contributed by atoms with Crippen molar-refractivity contribution < 1.29 is 138 Å². The molecule has 0 spiro atoms. The third kappa shape index (κ3) is 29.7. The number of hydrogen-bond acceptors (Lipinski definition) is 17. The second-order valence-electron chi connectivity index (χ2n) is 9.91. The van der Waals surface area contributed by atoms with Crippen LogP contribution in [0.5, 0.6) is 0 Å². The molecular weight excluding hydrogens is 672 g/mol. The van der Waals surface area contributed by atoms with E-state index in [1.54, 1.807) is 11.9 Å². The molecule has 4 N–H and O–H groups in total. The summed E-state index contributed by atoms with van der Waals surface area (Å²) in [5.41, 5.74) is 0. The number of ether oxygens (including phenoxy) is 2. The molecule has 0 aliphatic carbocycles. The minimum absolute atomic E-state index is 0. The monoisotopic (exact) mass is 711 g/mol. The van der Waals surface area contributed by atoms with E-state index >= 15 is 0 Å². The van der Waals surface area contributed by atoms with Crippen LogP contribution in [0.1, 0.15) is 0 Å². The Kier molecular flexibility index (Phi) is 29.6. The van der Waals surface area contributed by atoms with Crippen LogP contribution in [0.15, 0.2) is 0 Å². The summed E-state index contributed by atoms with van der Waals surface area (Å²) in [6, 6.07) is 0. The minimum atomic E-state index is -1.53. The van der Waals surface area contributed by atoms with Crippen LogP contribution in [0.2, 0.25) is 0 Å². The van der Waals surface area contributed by atoms with Gasteiger partial charge in [-0.25, -0.2) is 0 Å². The number of rotatable bonds is 28. The van der Waals surface area contributed by atoms with Gasteiger partial charge in [-0.05, 0) is 7.05 Å². The maximum absolute atomic E-state index is 12.2. The Morgan fingerprint density at radius 3 is 0.938 bits per heavy atom. The SMILES string of the molecule is CN(CCOC(=O)CN(CCN(CC(=O)[O-])CC(=O)O)CC(=O)O)CCOC(=O)CN(CCN(CC(=O)[O-])CC(=O)O)CC(=O)O.[Na+].[Na+]. The van der Waals surface area contributed by atoms with E-state index in [0.29, 0.717) is 0 Å². The van der Waals surface area contributed by atoms with Crippen LogP contribution in [-0.4, -0.2) is 205 Å². The second-order valence-corrected chi connectivity index (χ2v) is 9.91. The molecule has 0 radical (unpaired) electrons. The fraction of sp³-hybridized carbons (Fsp3) is 0.680. The van der Waals surface area contributed by atoms with E-state index in [0.717, 1.165) is 19.6 Å². The number of carbonyl (C=O) groups is 8. The second kappa shape index (κ2) is 28.4. The molecule has 21 nitrogen and oxygen atoms in total. The summed E-state index contributed by atoms with van der Waals surface area (Å²) in [6.07, 6.45) is 0. The summed E-state index contributed by atoms with van der Waals surface area (Å²) in [7, 11) is 1.61. The third-order valence-corrected chi connectivity index (χ3v) is 5.78. The van der Waals surface area contributed by atoms with Gasteiger partial charge < -0.3 is 49.7 Å². The molecule has 0 amide bonds. The topological polar surface area (TPSA) is 298 Å². The van der Waals surface area contributed by atoms with Crippen molar-refractivity contribution >= 4 is 47.8 Å². The van der Waals surface area contributed by atoms with Gasteiger partial charge in [0.1, 0.15) is 13.2 Å². The number of nitrogens with zero attached hydrogens (tertiary/aromatic N) is 5. The molecule has 0 atom stereocenters. The first-order valence-corrected chi connectivity index (χ1v) is 13.6. The average molecular weight is 712 g/mol. The summed E-state index contributed by atoms with van der Waals surface area (Å²) >= 11 is 0. The van der Waals surface area contributed by atoms with Crippen molar-refractivity contribution in [3.05, 3.63) is 0 Å². The van der Waals surface area contributed by atoms with E-state index in [1.165, 1.54) is 0 Å². The number of hydrogen-bond donors (Lipinski definition) is 4. The van der Waals surface area contributed by atoms with E-state index in [2.05, 4.69) is 0 Å². The van der Waals surface area contributed by atoms with Crippen molar-refractivity contribution in [1.82, 2.24) is 24.5 Å². The largest absolute Gasteiger partial charge is 1.00 e. The van der Waals surface area contributed by atoms with Crippen LogP contribution in [0, 0.1) is 0 Å². The smallest absolute Gasteiger partial charge is 0.549 e. The van der Waals surface area contributed by atoms with Crippen LogP contribution in [0.4, 0.5) is 0 Å². The molecule has 0 aromatic carbocycles. The Morgan fingerprint density at radius 1 is 0.458 bits per heavy atom. The van der Waals surface area contributed by atoms with E-state index in [9.17, 15) is 48.6 Å². The van der Waals surface area contributed by atoms with Gasteiger partial charge >= 0.3 is 94.9 Å². The molecule has 0 aromatic rings. The summed E-state index contributed by atoms with van der Waals surface area (Å²) in [4.78, 5) is 96.2. The van der Waals surface area contributed by atoms with Crippen LogP contribution in [0.25, 0.3) is 0 Å². The summed E-state index contributed by atoms with van der Waals surface area (Å²) in [5, 5.41) is 57.6. The van der Waals surface area contributed by atoms with Gasteiger partial charge in [0.2, 0.25) is 0 Å². The Hall–Kier alpha value is -2.44. The van der Waals surface area contributed by atoms with Gasteiger partial charge in [-0.3, -0.25) is 53.3 Å². The van der Waals surface area contributed by atoms with Crippen molar-refractivity contribution in [2.24, 2.45) is 0 Å². The Morgan fingerprint density at radius 2 is 0.708 bits per heavy atom. The summed E-state index contributed by atoms with van der Waals surface area (Å²) in [6.45, 7) is -5.44. The third-order valence-electron chi connectivity index (χ3n) is 5.78. The zero-order chi connectivity index (χ0) is 35.2. The first-order chi connectivity index (χ1) is 21.5. The number of carboxylic acid groups (broad SMARTS) is 6. The summed E-state index contributed by atoms with van der Waals surface area (Å²) < 4.78 is 10.2. The summed E-state index contributed by atoms with van der Waals surface area (Å²) in [5.74, 6) is -9.84. The zero-order valence-electron chi connectivity index (χ0n) is 27.2. The van der Waals surface area contributed by atoms with Crippen LogP contribution in [0.3, 0.4) is 0 Å². The van der Waals surface area contributed by atoms with Crippen molar-refractivity contribution in [1.29, 1.82) is 0 Å². The zero-order valence-corrected chi connectivity index (χ0v) is 31.2. The maximum Gasteiger partial charge on any atom is 1.00 e. The molecule has 0 aliphatic rings. The van der Waals surface area contributed by atoms with Gasteiger partial charge in [0.15, 0.2) is 0 Å². The molecule has 0 aliphatic heterocycles. The standard InChI is InChI=1S/C25H41N5O16.2Na/c1-26(6-8-45-24(43)16-29(14-22(39)40)4-2-27(10-18(31)32)11-19(33)34)7-9-46-25(44)17-30(15-23(41)42)5-3-28(12-20(35)36)13-21(37)38;;/h2-17H2,1H3,(H,31,32)(H,33,34)(H,35,36)(H,37,38)(H,39,40)(H,41,42);;/q;2*+1/p-2. The molecule has 262 valence electrons. The Labute approximate surface area is 319 Å². The van der Waals surface area contributed by atoms with Crippen molar-refractivity contribution in [3.63, 3.8) is 0 Å². The van der Waals surface area contributed by atoms with Gasteiger partial charge in [0.25, 0.3) is 0 Å². The maximum atomic E-state index is 12.2. The molecule has 0 heterocycles. The van der Waals surface area contributed by atoms with E-state index in [-0.39, 0.29) is 112 Å². The first kappa shape index (κ1) is 49.9. The van der Waals surface area contributed by atoms with E-state index < -0.39 is 100 Å². The molecule has 0 rings (SSSR count). The van der Waals surface area contributed by atoms with Crippen molar-refractivity contribution in [3.8, 4) is 0 Å². The number of carboxylic acids is 6. The number of likely N-dealkylation sites (N-methyl/N-ethyl adjacent to an activating group) is 1. The number of carbonyl (C=O) groups excluding carboxylic acids is 4. The molecule has 0 bridgehead atoms.